The molecule has 1 atom stereocenters. The van der Waals surface area contributed by atoms with Gasteiger partial charge in [-0.05, 0) is 49.7 Å². The van der Waals surface area contributed by atoms with E-state index in [4.69, 9.17) is 21.7 Å². The Kier molecular flexibility index (Phi) is 5.34. The number of halogens is 1. The van der Waals surface area contributed by atoms with E-state index in [9.17, 15) is 9.18 Å². The Labute approximate surface area is 151 Å². The van der Waals surface area contributed by atoms with E-state index in [0.29, 0.717) is 23.3 Å². The number of allylic oxidation sites excluding steroid dienone is 1. The minimum atomic E-state index is -0.460. The molecule has 1 unspecified atom stereocenters. The van der Waals surface area contributed by atoms with E-state index in [-0.39, 0.29) is 12.4 Å². The Hall–Kier alpha value is -1.99. The lowest BCUT2D eigenvalue weighted by Gasteiger charge is -2.37. The van der Waals surface area contributed by atoms with Crippen LogP contribution >= 0.6 is 12.2 Å². The third-order valence-corrected chi connectivity index (χ3v) is 4.70. The topological polar surface area (TPSA) is 50.8 Å². The number of benzene rings is 1. The van der Waals surface area contributed by atoms with Gasteiger partial charge in [-0.25, -0.2) is 9.18 Å². The molecule has 25 heavy (non-hydrogen) atoms. The highest BCUT2D eigenvalue weighted by molar-refractivity contribution is 7.80. The summed E-state index contributed by atoms with van der Waals surface area (Å²) in [6, 6.07) is 5.91. The Morgan fingerprint density at radius 2 is 2.00 bits per heavy atom. The quantitative estimate of drug-likeness (QED) is 0.476. The molecule has 0 aromatic heterocycles. The molecule has 0 bridgehead atoms. The van der Waals surface area contributed by atoms with Crippen LogP contribution in [0.2, 0.25) is 0 Å². The molecule has 0 radical (unpaired) electrons. The van der Waals surface area contributed by atoms with E-state index in [0.717, 1.165) is 24.1 Å². The number of hydrogen-bond donors (Lipinski definition) is 1. The summed E-state index contributed by atoms with van der Waals surface area (Å²) >= 11 is 5.50. The fraction of sp³-hybridized carbons (Fsp3) is 0.444. The molecule has 1 aromatic carbocycles. The second-order valence-corrected chi connectivity index (χ2v) is 6.55. The highest BCUT2D eigenvalue weighted by Gasteiger charge is 2.40. The monoisotopic (exact) mass is 364 g/mol. The standard InChI is InChI=1S/C18H21FN2O3S/c1-11-15(17(22)24-10-9-23-2)16(12-3-5-13(19)6-4-12)20-18(25)21(11)14-7-8-14/h3-6,14,16H,7-10H2,1-2H3,(H,20,25). The molecule has 1 saturated carbocycles. The first kappa shape index (κ1) is 17.8. The van der Waals surface area contributed by atoms with Crippen LogP contribution in [0.1, 0.15) is 31.4 Å². The average molecular weight is 364 g/mol. The molecule has 2 aliphatic rings. The lowest BCUT2D eigenvalue weighted by atomic mass is 9.95. The van der Waals surface area contributed by atoms with Crippen molar-refractivity contribution in [1.82, 2.24) is 10.2 Å². The van der Waals surface area contributed by atoms with Crippen LogP contribution in [0.5, 0.6) is 0 Å². The number of nitrogens with one attached hydrogen (secondary N) is 1. The first-order valence-electron chi connectivity index (χ1n) is 8.25. The summed E-state index contributed by atoms with van der Waals surface area (Å²) in [5.41, 5.74) is 2.06. The summed E-state index contributed by atoms with van der Waals surface area (Å²) in [7, 11) is 1.55. The summed E-state index contributed by atoms with van der Waals surface area (Å²) < 4.78 is 23.6. The van der Waals surface area contributed by atoms with Crippen molar-refractivity contribution in [3.8, 4) is 0 Å². The Balaban J connectivity index is 1.95. The molecule has 5 nitrogen and oxygen atoms in total. The summed E-state index contributed by atoms with van der Waals surface area (Å²) in [5, 5.41) is 3.81. The van der Waals surface area contributed by atoms with Gasteiger partial charge in [0.1, 0.15) is 12.4 Å². The van der Waals surface area contributed by atoms with Gasteiger partial charge in [-0.1, -0.05) is 12.1 Å². The van der Waals surface area contributed by atoms with Crippen LogP contribution in [-0.4, -0.2) is 42.3 Å². The number of carbonyl (C=O) groups excluding carboxylic acids is 1. The molecular weight excluding hydrogens is 343 g/mol. The van der Waals surface area contributed by atoms with Gasteiger partial charge in [0.15, 0.2) is 5.11 Å². The van der Waals surface area contributed by atoms with Gasteiger partial charge in [0, 0.05) is 18.8 Å². The normalized spacial score (nSPS) is 20.5. The summed E-state index contributed by atoms with van der Waals surface area (Å²) in [6.07, 6.45) is 2.10. The first-order valence-corrected chi connectivity index (χ1v) is 8.65. The van der Waals surface area contributed by atoms with Gasteiger partial charge in [-0.15, -0.1) is 0 Å². The van der Waals surface area contributed by atoms with Crippen molar-refractivity contribution in [1.29, 1.82) is 0 Å². The van der Waals surface area contributed by atoms with Crippen molar-refractivity contribution in [3.63, 3.8) is 0 Å². The number of nitrogens with zero attached hydrogens (tertiary/aromatic N) is 1. The van der Waals surface area contributed by atoms with Gasteiger partial charge in [-0.2, -0.15) is 0 Å². The molecule has 1 heterocycles. The minimum Gasteiger partial charge on any atom is -0.460 e. The largest absolute Gasteiger partial charge is 0.460 e. The molecule has 1 fully saturated rings. The predicted octanol–water partition coefficient (Wildman–Crippen LogP) is 2.68. The SMILES string of the molecule is COCCOC(=O)C1=C(C)N(C2CC2)C(=S)NC1c1ccc(F)cc1. The Morgan fingerprint density at radius 3 is 2.60 bits per heavy atom. The molecule has 1 aliphatic carbocycles. The zero-order chi connectivity index (χ0) is 18.0. The first-order chi connectivity index (χ1) is 12.0. The molecule has 0 saturated heterocycles. The molecule has 1 aromatic rings. The van der Waals surface area contributed by atoms with Crippen molar-refractivity contribution >= 4 is 23.3 Å². The average Bonchev–Trinajstić information content (AvgIpc) is 3.40. The Bertz CT molecular complexity index is 701. The van der Waals surface area contributed by atoms with Crippen molar-refractivity contribution in [2.75, 3.05) is 20.3 Å². The van der Waals surface area contributed by atoms with Gasteiger partial charge in [0.2, 0.25) is 0 Å². The molecule has 3 rings (SSSR count). The van der Waals surface area contributed by atoms with E-state index in [1.807, 2.05) is 11.8 Å². The van der Waals surface area contributed by atoms with Crippen LogP contribution in [0.3, 0.4) is 0 Å². The molecule has 1 N–H and O–H groups in total. The fourth-order valence-electron chi connectivity index (χ4n) is 2.99. The lowest BCUT2D eigenvalue weighted by Crippen LogP contribution is -2.48. The molecule has 1 aliphatic heterocycles. The van der Waals surface area contributed by atoms with Crippen LogP contribution in [0.25, 0.3) is 0 Å². The maximum absolute atomic E-state index is 13.3. The molecule has 7 heteroatoms. The van der Waals surface area contributed by atoms with Gasteiger partial charge in [-0.3, -0.25) is 0 Å². The molecular formula is C18H21FN2O3S. The van der Waals surface area contributed by atoms with Crippen LogP contribution in [0.15, 0.2) is 35.5 Å². The Morgan fingerprint density at radius 1 is 1.32 bits per heavy atom. The van der Waals surface area contributed by atoms with Crippen LogP contribution in [0.4, 0.5) is 4.39 Å². The van der Waals surface area contributed by atoms with E-state index >= 15 is 0 Å². The number of esters is 1. The highest BCUT2D eigenvalue weighted by Crippen LogP contribution is 2.38. The molecule has 134 valence electrons. The van der Waals surface area contributed by atoms with Crippen LogP contribution in [0, 0.1) is 5.82 Å². The van der Waals surface area contributed by atoms with Crippen LogP contribution < -0.4 is 5.32 Å². The van der Waals surface area contributed by atoms with Gasteiger partial charge in [0.05, 0.1) is 18.2 Å². The summed E-state index contributed by atoms with van der Waals surface area (Å²) in [5.74, 6) is -0.740. The predicted molar refractivity (Wildman–Crippen MR) is 95.3 cm³/mol. The number of methoxy groups -OCH3 is 1. The van der Waals surface area contributed by atoms with Crippen molar-refractivity contribution in [2.24, 2.45) is 0 Å². The van der Waals surface area contributed by atoms with Crippen molar-refractivity contribution in [3.05, 3.63) is 46.9 Å². The zero-order valence-corrected chi connectivity index (χ0v) is 15.1. The number of thiocarbonyl (C=S) groups is 1. The van der Waals surface area contributed by atoms with E-state index in [1.165, 1.54) is 12.1 Å². The third-order valence-electron chi connectivity index (χ3n) is 4.38. The number of hydrogen-bond acceptors (Lipinski definition) is 4. The number of carbonyl (C=O) groups is 1. The maximum Gasteiger partial charge on any atom is 0.338 e. The van der Waals surface area contributed by atoms with Gasteiger partial charge >= 0.3 is 5.97 Å². The number of rotatable bonds is 6. The second kappa shape index (κ2) is 7.49. The van der Waals surface area contributed by atoms with E-state index in [2.05, 4.69) is 5.32 Å². The zero-order valence-electron chi connectivity index (χ0n) is 14.3. The number of ether oxygens (including phenoxy) is 2. The van der Waals surface area contributed by atoms with Crippen molar-refractivity contribution < 1.29 is 18.7 Å². The summed E-state index contributed by atoms with van der Waals surface area (Å²) in [6.45, 7) is 2.39. The molecule has 0 amide bonds. The fourth-order valence-corrected chi connectivity index (χ4v) is 3.40. The highest BCUT2D eigenvalue weighted by atomic mass is 32.1. The third kappa shape index (κ3) is 3.82. The smallest absolute Gasteiger partial charge is 0.338 e. The van der Waals surface area contributed by atoms with Gasteiger partial charge in [0.25, 0.3) is 0 Å². The minimum absolute atomic E-state index is 0.177. The maximum atomic E-state index is 13.3. The van der Waals surface area contributed by atoms with E-state index < -0.39 is 12.0 Å². The van der Waals surface area contributed by atoms with E-state index in [1.54, 1.807) is 19.2 Å². The molecule has 0 spiro atoms. The van der Waals surface area contributed by atoms with Crippen molar-refractivity contribution in [2.45, 2.75) is 31.8 Å². The van der Waals surface area contributed by atoms with Gasteiger partial charge < -0.3 is 19.7 Å². The lowest BCUT2D eigenvalue weighted by molar-refractivity contribution is -0.140. The summed E-state index contributed by atoms with van der Waals surface area (Å²) in [4.78, 5) is 14.7. The van der Waals surface area contributed by atoms with Crippen LogP contribution in [-0.2, 0) is 14.3 Å². The second-order valence-electron chi connectivity index (χ2n) is 6.16.